The Labute approximate surface area is 167 Å². The summed E-state index contributed by atoms with van der Waals surface area (Å²) in [6, 6.07) is 12.6. The van der Waals surface area contributed by atoms with E-state index >= 15 is 0 Å². The van der Waals surface area contributed by atoms with Gasteiger partial charge in [0, 0.05) is 11.1 Å². The van der Waals surface area contributed by atoms with Crippen LogP contribution in [0.5, 0.6) is 11.5 Å². The van der Waals surface area contributed by atoms with Crippen molar-refractivity contribution >= 4 is 23.5 Å². The molecule has 0 aliphatic carbocycles. The summed E-state index contributed by atoms with van der Waals surface area (Å²) in [5.41, 5.74) is 0.678. The fourth-order valence-corrected chi connectivity index (χ4v) is 2.23. The van der Waals surface area contributed by atoms with Gasteiger partial charge in [-0.25, -0.2) is 0 Å². The average molecular weight is 400 g/mol. The predicted molar refractivity (Wildman–Crippen MR) is 101 cm³/mol. The largest absolute Gasteiger partial charge is 0.497 e. The van der Waals surface area contributed by atoms with E-state index in [0.717, 1.165) is 0 Å². The number of esters is 2. The third kappa shape index (κ3) is 6.76. The summed E-state index contributed by atoms with van der Waals surface area (Å²) in [7, 11) is 3.00. The highest BCUT2D eigenvalue weighted by atomic mass is 16.6. The van der Waals surface area contributed by atoms with Crippen molar-refractivity contribution in [2.24, 2.45) is 0 Å². The quantitative estimate of drug-likeness (QED) is 0.340. The van der Waals surface area contributed by atoms with E-state index in [9.17, 15) is 19.2 Å². The van der Waals surface area contributed by atoms with Crippen molar-refractivity contribution in [1.82, 2.24) is 0 Å². The van der Waals surface area contributed by atoms with Gasteiger partial charge in [0.25, 0.3) is 0 Å². The van der Waals surface area contributed by atoms with Crippen molar-refractivity contribution in [3.05, 3.63) is 59.7 Å². The molecule has 8 heteroatoms. The van der Waals surface area contributed by atoms with Gasteiger partial charge in [-0.05, 0) is 48.5 Å². The molecule has 2 aromatic carbocycles. The molecule has 0 aliphatic heterocycles. The van der Waals surface area contributed by atoms with Crippen molar-refractivity contribution in [2.75, 3.05) is 27.4 Å². The van der Waals surface area contributed by atoms with Crippen LogP contribution in [0.1, 0.15) is 27.1 Å². The summed E-state index contributed by atoms with van der Waals surface area (Å²) < 4.78 is 19.5. The Balaban J connectivity index is 1.72. The summed E-state index contributed by atoms with van der Waals surface area (Å²) in [6.45, 7) is -1.02. The maximum Gasteiger partial charge on any atom is 0.317 e. The topological polar surface area (TPSA) is 105 Å². The number of ketones is 2. The van der Waals surface area contributed by atoms with Gasteiger partial charge < -0.3 is 18.9 Å². The van der Waals surface area contributed by atoms with Gasteiger partial charge in [-0.1, -0.05) is 0 Å². The molecule has 2 aromatic rings. The van der Waals surface area contributed by atoms with Gasteiger partial charge in [0.15, 0.2) is 24.8 Å². The van der Waals surface area contributed by atoms with Crippen molar-refractivity contribution in [3.63, 3.8) is 0 Å². The summed E-state index contributed by atoms with van der Waals surface area (Å²) in [5.74, 6) is -1.52. The molecular formula is C21H20O8. The smallest absolute Gasteiger partial charge is 0.317 e. The monoisotopic (exact) mass is 400 g/mol. The normalized spacial score (nSPS) is 10.0. The van der Waals surface area contributed by atoms with Gasteiger partial charge in [0.2, 0.25) is 0 Å². The van der Waals surface area contributed by atoms with E-state index in [0.29, 0.717) is 22.6 Å². The van der Waals surface area contributed by atoms with E-state index in [1.54, 1.807) is 24.3 Å². The molecule has 0 amide bonds. The van der Waals surface area contributed by atoms with Crippen LogP contribution in [0.15, 0.2) is 48.5 Å². The number of Topliss-reactive ketones (excluding diaryl/α,β-unsaturated/α-hetero) is 2. The Morgan fingerprint density at radius 2 is 0.966 bits per heavy atom. The summed E-state index contributed by atoms with van der Waals surface area (Å²) in [6.07, 6.45) is -0.703. The molecule has 0 saturated carbocycles. The van der Waals surface area contributed by atoms with Gasteiger partial charge in [0.1, 0.15) is 17.9 Å². The number of methoxy groups -OCH3 is 2. The minimum Gasteiger partial charge on any atom is -0.497 e. The fourth-order valence-electron chi connectivity index (χ4n) is 2.23. The van der Waals surface area contributed by atoms with Crippen LogP contribution in [0.25, 0.3) is 0 Å². The third-order valence-electron chi connectivity index (χ3n) is 3.84. The standard InChI is InChI=1S/C21H20O8/c1-26-16-7-3-14(4-8-16)18(22)12-28-20(24)11-21(25)29-13-19(23)15-5-9-17(27-2)10-6-15/h3-10H,11-13H2,1-2H3. The molecule has 29 heavy (non-hydrogen) atoms. The van der Waals surface area contributed by atoms with Crippen LogP contribution < -0.4 is 9.47 Å². The van der Waals surface area contributed by atoms with Crippen molar-refractivity contribution in [2.45, 2.75) is 6.42 Å². The van der Waals surface area contributed by atoms with E-state index in [4.69, 9.17) is 18.9 Å². The lowest BCUT2D eigenvalue weighted by atomic mass is 10.1. The van der Waals surface area contributed by atoms with Crippen molar-refractivity contribution in [3.8, 4) is 11.5 Å². The molecule has 0 heterocycles. The van der Waals surface area contributed by atoms with Crippen molar-refractivity contribution in [1.29, 1.82) is 0 Å². The number of rotatable bonds is 10. The highest BCUT2D eigenvalue weighted by Gasteiger charge is 2.16. The second-order valence-corrected chi connectivity index (χ2v) is 5.80. The maximum atomic E-state index is 12.0. The molecule has 0 N–H and O–H groups in total. The Kier molecular flexibility index (Phi) is 7.90. The zero-order valence-electron chi connectivity index (χ0n) is 16.0. The molecule has 0 radical (unpaired) electrons. The SMILES string of the molecule is COc1ccc(C(=O)COC(=O)CC(=O)OCC(=O)c2ccc(OC)cc2)cc1. The maximum absolute atomic E-state index is 12.0. The lowest BCUT2D eigenvalue weighted by Gasteiger charge is -2.06. The van der Waals surface area contributed by atoms with Crippen LogP contribution in [0.3, 0.4) is 0 Å². The van der Waals surface area contributed by atoms with Crippen LogP contribution in [-0.4, -0.2) is 50.9 Å². The van der Waals surface area contributed by atoms with E-state index in [1.807, 2.05) is 0 Å². The zero-order valence-corrected chi connectivity index (χ0v) is 16.0. The molecule has 0 aromatic heterocycles. The number of hydrogen-bond acceptors (Lipinski definition) is 8. The predicted octanol–water partition coefficient (Wildman–Crippen LogP) is 2.25. The van der Waals surface area contributed by atoms with Gasteiger partial charge in [-0.3, -0.25) is 19.2 Å². The van der Waals surface area contributed by atoms with Gasteiger partial charge in [0.05, 0.1) is 14.2 Å². The molecule has 2 rings (SSSR count). The number of benzene rings is 2. The highest BCUT2D eigenvalue weighted by molar-refractivity contribution is 6.00. The lowest BCUT2D eigenvalue weighted by molar-refractivity contribution is -0.153. The summed E-state index contributed by atoms with van der Waals surface area (Å²) in [5, 5.41) is 0. The molecule has 0 fully saturated rings. The van der Waals surface area contributed by atoms with Gasteiger partial charge in [-0.15, -0.1) is 0 Å². The first-order valence-corrected chi connectivity index (χ1v) is 8.58. The fraction of sp³-hybridized carbons (Fsp3) is 0.238. The Morgan fingerprint density at radius 3 is 1.28 bits per heavy atom. The first-order chi connectivity index (χ1) is 13.9. The number of carbonyl (C=O) groups excluding carboxylic acids is 4. The molecule has 0 aliphatic rings. The van der Waals surface area contributed by atoms with Gasteiger partial charge >= 0.3 is 11.9 Å². The first-order valence-electron chi connectivity index (χ1n) is 8.58. The number of ether oxygens (including phenoxy) is 4. The summed E-state index contributed by atoms with van der Waals surface area (Å²) in [4.78, 5) is 47.3. The van der Waals surface area contributed by atoms with E-state index in [-0.39, 0.29) is 0 Å². The molecule has 0 unspecified atom stereocenters. The minimum absolute atomic E-state index is 0.339. The van der Waals surface area contributed by atoms with E-state index < -0.39 is 43.1 Å². The Hall–Kier alpha value is -3.68. The van der Waals surface area contributed by atoms with Crippen LogP contribution in [0.2, 0.25) is 0 Å². The Bertz CT molecular complexity index is 795. The average Bonchev–Trinajstić information content (AvgIpc) is 2.75. The molecule has 0 atom stereocenters. The van der Waals surface area contributed by atoms with Crippen molar-refractivity contribution < 1.29 is 38.1 Å². The van der Waals surface area contributed by atoms with Crippen LogP contribution in [0.4, 0.5) is 0 Å². The molecule has 0 bridgehead atoms. The van der Waals surface area contributed by atoms with Gasteiger partial charge in [-0.2, -0.15) is 0 Å². The minimum atomic E-state index is -0.922. The lowest BCUT2D eigenvalue weighted by Crippen LogP contribution is -2.20. The zero-order chi connectivity index (χ0) is 21.2. The van der Waals surface area contributed by atoms with Crippen LogP contribution >= 0.6 is 0 Å². The second-order valence-electron chi connectivity index (χ2n) is 5.80. The molecule has 8 nitrogen and oxygen atoms in total. The first kappa shape index (κ1) is 21.6. The second kappa shape index (κ2) is 10.6. The van der Waals surface area contributed by atoms with Crippen LogP contribution in [0, 0.1) is 0 Å². The molecule has 0 saturated heterocycles. The van der Waals surface area contributed by atoms with E-state index in [2.05, 4.69) is 0 Å². The highest BCUT2D eigenvalue weighted by Crippen LogP contribution is 2.13. The molecule has 0 spiro atoms. The number of carbonyl (C=O) groups is 4. The van der Waals surface area contributed by atoms with E-state index in [1.165, 1.54) is 38.5 Å². The summed E-state index contributed by atoms with van der Waals surface area (Å²) >= 11 is 0. The van der Waals surface area contributed by atoms with Crippen LogP contribution in [-0.2, 0) is 19.1 Å². The molecular weight excluding hydrogens is 380 g/mol. The Morgan fingerprint density at radius 1 is 0.621 bits per heavy atom. The third-order valence-corrected chi connectivity index (χ3v) is 3.84. The number of hydrogen-bond donors (Lipinski definition) is 0. The molecule has 152 valence electrons.